The van der Waals surface area contributed by atoms with Crippen LogP contribution in [0.1, 0.15) is 27.7 Å². The van der Waals surface area contributed by atoms with Gasteiger partial charge in [-0.3, -0.25) is 0 Å². The molecule has 0 amide bonds. The molecule has 2 heterocycles. The third kappa shape index (κ3) is 1.98. The topological polar surface area (TPSA) is 23.4 Å². The maximum atomic E-state index is 6.40. The average Bonchev–Trinajstić information content (AvgIpc) is 2.78. The van der Waals surface area contributed by atoms with Crippen LogP contribution < -0.4 is 5.46 Å². The number of hydrogen-bond acceptors (Lipinski definition) is 2. The highest BCUT2D eigenvalue weighted by atomic mass is 35.5. The van der Waals surface area contributed by atoms with Crippen molar-refractivity contribution >= 4 is 35.1 Å². The number of rotatable bonds is 1. The first-order valence-electron chi connectivity index (χ1n) is 6.81. The van der Waals surface area contributed by atoms with Gasteiger partial charge in [-0.15, -0.1) is 0 Å². The Hall–Kier alpha value is -0.965. The Bertz CT molecular complexity index is 662. The van der Waals surface area contributed by atoms with Crippen LogP contribution in [-0.2, 0) is 16.4 Å². The molecule has 1 aliphatic rings. The van der Waals surface area contributed by atoms with Gasteiger partial charge < -0.3 is 13.9 Å². The lowest BCUT2D eigenvalue weighted by Crippen LogP contribution is -2.41. The van der Waals surface area contributed by atoms with E-state index in [4.69, 9.17) is 20.9 Å². The van der Waals surface area contributed by atoms with Crippen LogP contribution in [0, 0.1) is 0 Å². The van der Waals surface area contributed by atoms with Crippen LogP contribution in [0.2, 0.25) is 5.02 Å². The molecule has 1 aromatic heterocycles. The van der Waals surface area contributed by atoms with Gasteiger partial charge in [0, 0.05) is 18.6 Å². The predicted octanol–water partition coefficient (Wildman–Crippen LogP) is 3.13. The minimum absolute atomic E-state index is 0.338. The van der Waals surface area contributed by atoms with Gasteiger partial charge in [0.1, 0.15) is 0 Å². The summed E-state index contributed by atoms with van der Waals surface area (Å²) in [6.07, 6.45) is 2.00. The van der Waals surface area contributed by atoms with E-state index in [0.717, 1.165) is 21.4 Å². The van der Waals surface area contributed by atoms with E-state index in [-0.39, 0.29) is 18.3 Å². The number of benzene rings is 1. The Morgan fingerprint density at radius 1 is 1.10 bits per heavy atom. The molecule has 0 saturated carbocycles. The van der Waals surface area contributed by atoms with E-state index >= 15 is 0 Å². The number of fused-ring (bicyclic) bond motifs is 1. The molecule has 1 fully saturated rings. The quantitative estimate of drug-likeness (QED) is 0.754. The van der Waals surface area contributed by atoms with Crippen molar-refractivity contribution in [3.63, 3.8) is 0 Å². The molecule has 106 valence electrons. The van der Waals surface area contributed by atoms with Crippen LogP contribution in [0.3, 0.4) is 0 Å². The van der Waals surface area contributed by atoms with Gasteiger partial charge in [-0.1, -0.05) is 17.7 Å². The van der Waals surface area contributed by atoms with E-state index in [1.54, 1.807) is 0 Å². The minimum Gasteiger partial charge on any atom is -0.399 e. The highest BCUT2D eigenvalue weighted by molar-refractivity contribution is 6.63. The second kappa shape index (κ2) is 4.26. The van der Waals surface area contributed by atoms with Crippen LogP contribution >= 0.6 is 11.6 Å². The van der Waals surface area contributed by atoms with Crippen molar-refractivity contribution in [1.29, 1.82) is 0 Å². The van der Waals surface area contributed by atoms with Gasteiger partial charge in [0.2, 0.25) is 0 Å². The van der Waals surface area contributed by atoms with Crippen LogP contribution in [-0.4, -0.2) is 22.9 Å². The number of halogens is 1. The number of aromatic nitrogens is 1. The summed E-state index contributed by atoms with van der Waals surface area (Å²) in [5.74, 6) is 0. The fraction of sp³-hybridized carbons (Fsp3) is 0.467. The first-order chi connectivity index (χ1) is 9.21. The van der Waals surface area contributed by atoms with Crippen molar-refractivity contribution in [2.45, 2.75) is 38.9 Å². The Morgan fingerprint density at radius 2 is 1.70 bits per heavy atom. The van der Waals surface area contributed by atoms with Gasteiger partial charge in [-0.2, -0.15) is 0 Å². The summed E-state index contributed by atoms with van der Waals surface area (Å²) in [7, 11) is 1.62. The average molecular weight is 292 g/mol. The van der Waals surface area contributed by atoms with Crippen molar-refractivity contribution in [2.75, 3.05) is 0 Å². The van der Waals surface area contributed by atoms with Gasteiger partial charge >= 0.3 is 7.12 Å². The predicted molar refractivity (Wildman–Crippen MR) is 83.6 cm³/mol. The number of aryl methyl sites for hydroxylation is 1. The molecular formula is C15H19BClNO2. The van der Waals surface area contributed by atoms with Gasteiger partial charge in [0.15, 0.2) is 0 Å². The monoisotopic (exact) mass is 291 g/mol. The molecule has 20 heavy (non-hydrogen) atoms. The summed E-state index contributed by atoms with van der Waals surface area (Å²) in [6, 6.07) is 6.07. The standard InChI is InChI=1S/C15H19BClNO2/c1-14(2)15(3,4)20-16(19-14)11-8-10-6-7-18(5)13(10)12(17)9-11/h6-9H,1-5H3. The summed E-state index contributed by atoms with van der Waals surface area (Å²) in [5, 5.41) is 1.82. The molecule has 2 aromatic rings. The van der Waals surface area contributed by atoms with Gasteiger partial charge in [0.25, 0.3) is 0 Å². The van der Waals surface area contributed by atoms with Crippen molar-refractivity contribution in [3.05, 3.63) is 29.4 Å². The molecule has 0 spiro atoms. The highest BCUT2D eigenvalue weighted by Gasteiger charge is 2.51. The van der Waals surface area contributed by atoms with Gasteiger partial charge in [-0.25, -0.2) is 0 Å². The summed E-state index contributed by atoms with van der Waals surface area (Å²) in [4.78, 5) is 0. The SMILES string of the molecule is Cn1ccc2cc(B3OC(C)(C)C(C)(C)O3)cc(Cl)c21. The molecule has 0 unspecified atom stereocenters. The molecule has 3 rings (SSSR count). The molecule has 0 atom stereocenters. The van der Waals surface area contributed by atoms with E-state index in [1.807, 2.05) is 23.9 Å². The van der Waals surface area contributed by atoms with Crippen LogP contribution in [0.5, 0.6) is 0 Å². The first-order valence-corrected chi connectivity index (χ1v) is 7.19. The fourth-order valence-electron chi connectivity index (χ4n) is 2.52. The molecule has 0 N–H and O–H groups in total. The number of nitrogens with zero attached hydrogens (tertiary/aromatic N) is 1. The zero-order valence-corrected chi connectivity index (χ0v) is 13.3. The summed E-state index contributed by atoms with van der Waals surface area (Å²) >= 11 is 6.40. The van der Waals surface area contributed by atoms with Crippen molar-refractivity contribution in [3.8, 4) is 0 Å². The molecular weight excluding hydrogens is 272 g/mol. The molecule has 0 bridgehead atoms. The van der Waals surface area contributed by atoms with E-state index < -0.39 is 0 Å². The smallest absolute Gasteiger partial charge is 0.399 e. The second-order valence-corrected chi connectivity index (χ2v) is 6.86. The van der Waals surface area contributed by atoms with Gasteiger partial charge in [0.05, 0.1) is 21.7 Å². The van der Waals surface area contributed by atoms with Crippen molar-refractivity contribution < 1.29 is 9.31 Å². The maximum Gasteiger partial charge on any atom is 0.494 e. The van der Waals surface area contributed by atoms with Crippen LogP contribution in [0.4, 0.5) is 0 Å². The van der Waals surface area contributed by atoms with Crippen molar-refractivity contribution in [1.82, 2.24) is 4.57 Å². The largest absolute Gasteiger partial charge is 0.494 e. The fourth-order valence-corrected chi connectivity index (χ4v) is 2.89. The zero-order chi connectivity index (χ0) is 14.7. The summed E-state index contributed by atoms with van der Waals surface area (Å²) in [5.41, 5.74) is 1.32. The Labute approximate surface area is 125 Å². The summed E-state index contributed by atoms with van der Waals surface area (Å²) in [6.45, 7) is 8.20. The van der Waals surface area contributed by atoms with Gasteiger partial charge in [-0.05, 0) is 45.3 Å². The Kier molecular flexibility index (Phi) is 2.98. The lowest BCUT2D eigenvalue weighted by atomic mass is 9.78. The lowest BCUT2D eigenvalue weighted by molar-refractivity contribution is 0.00578. The third-order valence-corrected chi connectivity index (χ3v) is 4.76. The van der Waals surface area contributed by atoms with Crippen LogP contribution in [0.15, 0.2) is 24.4 Å². The van der Waals surface area contributed by atoms with Crippen molar-refractivity contribution in [2.24, 2.45) is 7.05 Å². The molecule has 0 aliphatic carbocycles. The maximum absolute atomic E-state index is 6.40. The second-order valence-electron chi connectivity index (χ2n) is 6.46. The number of hydrogen-bond donors (Lipinski definition) is 0. The molecule has 1 saturated heterocycles. The molecule has 1 aliphatic heterocycles. The van der Waals surface area contributed by atoms with E-state index in [0.29, 0.717) is 0 Å². The van der Waals surface area contributed by atoms with Crippen LogP contribution in [0.25, 0.3) is 10.9 Å². The normalized spacial score (nSPS) is 20.8. The first kappa shape index (κ1) is 14.0. The minimum atomic E-state index is -0.373. The van der Waals surface area contributed by atoms with E-state index in [9.17, 15) is 0 Å². The highest BCUT2D eigenvalue weighted by Crippen LogP contribution is 2.37. The molecule has 3 nitrogen and oxygen atoms in total. The third-order valence-electron chi connectivity index (χ3n) is 4.47. The Morgan fingerprint density at radius 3 is 2.30 bits per heavy atom. The summed E-state index contributed by atoms with van der Waals surface area (Å²) < 4.78 is 14.2. The lowest BCUT2D eigenvalue weighted by Gasteiger charge is -2.32. The molecule has 5 heteroatoms. The Balaban J connectivity index is 2.04. The van der Waals surface area contributed by atoms with E-state index in [1.165, 1.54) is 0 Å². The van der Waals surface area contributed by atoms with E-state index in [2.05, 4.69) is 39.8 Å². The zero-order valence-electron chi connectivity index (χ0n) is 12.5. The molecule has 0 radical (unpaired) electrons. The molecule has 1 aromatic carbocycles.